The van der Waals surface area contributed by atoms with Gasteiger partial charge in [-0.05, 0) is 48.9 Å². The van der Waals surface area contributed by atoms with E-state index in [0.29, 0.717) is 17.3 Å². The molecule has 1 N–H and O–H groups in total. The monoisotopic (exact) mass is 404 g/mol. The van der Waals surface area contributed by atoms with Crippen molar-refractivity contribution in [1.82, 2.24) is 9.62 Å². The maximum Gasteiger partial charge on any atom is 0.250 e. The molecule has 1 amide bonds. The minimum Gasteiger partial charge on any atom is -0.338 e. The Morgan fingerprint density at radius 2 is 2.07 bits per heavy atom. The molecular weight excluding hydrogens is 380 g/mol. The Morgan fingerprint density at radius 1 is 1.30 bits per heavy atom. The van der Waals surface area contributed by atoms with Crippen LogP contribution in [-0.4, -0.2) is 25.8 Å². The number of fused-ring (bicyclic) bond motifs is 1. The topological polar surface area (TPSA) is 66.5 Å². The molecule has 1 fully saturated rings. The fraction of sp³-hybridized carbons (Fsp3) is 0.450. The van der Waals surface area contributed by atoms with Gasteiger partial charge in [0.1, 0.15) is 4.21 Å². The van der Waals surface area contributed by atoms with Crippen LogP contribution in [0.5, 0.6) is 0 Å². The molecule has 27 heavy (non-hydrogen) atoms. The second-order valence-electron chi connectivity index (χ2n) is 7.40. The van der Waals surface area contributed by atoms with Gasteiger partial charge in [-0.1, -0.05) is 30.7 Å². The van der Waals surface area contributed by atoms with Crippen molar-refractivity contribution < 1.29 is 13.2 Å². The van der Waals surface area contributed by atoms with Gasteiger partial charge in [0.05, 0.1) is 0 Å². The summed E-state index contributed by atoms with van der Waals surface area (Å²) in [6.07, 6.45) is 3.87. The van der Waals surface area contributed by atoms with Crippen LogP contribution in [0.2, 0.25) is 0 Å². The number of nitrogens with zero attached hydrogens (tertiary/aromatic N) is 1. The second-order valence-corrected chi connectivity index (χ2v) is 10.5. The highest BCUT2D eigenvalue weighted by Crippen LogP contribution is 2.34. The molecule has 144 valence electrons. The third-order valence-electron chi connectivity index (χ3n) is 5.59. The van der Waals surface area contributed by atoms with Crippen LogP contribution >= 0.6 is 11.3 Å². The molecule has 1 saturated carbocycles. The first-order chi connectivity index (χ1) is 12.9. The first-order valence-electron chi connectivity index (χ1n) is 9.38. The number of carbonyl (C=O) groups is 1. The Balaban J connectivity index is 1.46. The zero-order valence-electron chi connectivity index (χ0n) is 15.4. The van der Waals surface area contributed by atoms with Crippen LogP contribution in [0, 0.1) is 12.8 Å². The average Bonchev–Trinajstić information content (AvgIpc) is 3.04. The lowest BCUT2D eigenvalue weighted by Crippen LogP contribution is -2.41. The van der Waals surface area contributed by atoms with Crippen LogP contribution in [0.3, 0.4) is 0 Å². The van der Waals surface area contributed by atoms with E-state index in [-0.39, 0.29) is 18.4 Å². The van der Waals surface area contributed by atoms with Crippen LogP contribution in [0.1, 0.15) is 40.8 Å². The van der Waals surface area contributed by atoms with Gasteiger partial charge in [-0.3, -0.25) is 4.79 Å². The standard InChI is InChI=1S/C20H24N2O3S2/c1-14-5-2-3-6-16(14)12-21-27(24,25)19-11-17-13-22(10-9-18(17)26-19)20(23)15-7-4-8-15/h2-3,5-6,11,15,21H,4,7-10,12-13H2,1H3. The minimum atomic E-state index is -3.55. The molecule has 1 aromatic heterocycles. The quantitative estimate of drug-likeness (QED) is 0.832. The van der Waals surface area contributed by atoms with Crippen molar-refractivity contribution >= 4 is 27.3 Å². The summed E-state index contributed by atoms with van der Waals surface area (Å²) in [5.74, 6) is 0.421. The number of hydrogen-bond donors (Lipinski definition) is 1. The van der Waals surface area contributed by atoms with Crippen LogP contribution in [0.4, 0.5) is 0 Å². The predicted octanol–water partition coefficient (Wildman–Crippen LogP) is 3.22. The van der Waals surface area contributed by atoms with Gasteiger partial charge in [0, 0.05) is 30.4 Å². The molecule has 0 spiro atoms. The number of rotatable bonds is 5. The lowest BCUT2D eigenvalue weighted by atomic mass is 9.84. The molecule has 2 aliphatic rings. The fourth-order valence-electron chi connectivity index (χ4n) is 3.59. The van der Waals surface area contributed by atoms with E-state index in [9.17, 15) is 13.2 Å². The normalized spacial score (nSPS) is 17.4. The molecule has 2 aromatic rings. The van der Waals surface area contributed by atoms with Crippen molar-refractivity contribution in [3.05, 3.63) is 51.9 Å². The largest absolute Gasteiger partial charge is 0.338 e. The Labute approximate surface area is 164 Å². The smallest absolute Gasteiger partial charge is 0.250 e. The molecule has 0 bridgehead atoms. The lowest BCUT2D eigenvalue weighted by molar-refractivity contribution is -0.139. The summed E-state index contributed by atoms with van der Waals surface area (Å²) in [7, 11) is -3.55. The van der Waals surface area contributed by atoms with E-state index in [2.05, 4.69) is 4.72 Å². The van der Waals surface area contributed by atoms with E-state index in [0.717, 1.165) is 47.3 Å². The summed E-state index contributed by atoms with van der Waals surface area (Å²) >= 11 is 1.34. The van der Waals surface area contributed by atoms with Gasteiger partial charge < -0.3 is 4.90 Å². The Kier molecular flexibility index (Phi) is 5.09. The third kappa shape index (κ3) is 3.81. The summed E-state index contributed by atoms with van der Waals surface area (Å²) in [4.78, 5) is 15.5. The molecule has 0 saturated heterocycles. The average molecular weight is 405 g/mol. The summed E-state index contributed by atoms with van der Waals surface area (Å²) in [5.41, 5.74) is 3.02. The molecule has 1 aliphatic carbocycles. The zero-order valence-corrected chi connectivity index (χ0v) is 17.0. The number of amides is 1. The van der Waals surface area contributed by atoms with Gasteiger partial charge in [0.15, 0.2) is 0 Å². The summed E-state index contributed by atoms with van der Waals surface area (Å²) < 4.78 is 28.5. The van der Waals surface area contributed by atoms with Crippen molar-refractivity contribution in [2.24, 2.45) is 5.92 Å². The van der Waals surface area contributed by atoms with Crippen LogP contribution < -0.4 is 4.72 Å². The van der Waals surface area contributed by atoms with Crippen molar-refractivity contribution in [3.8, 4) is 0 Å². The molecular formula is C20H24N2O3S2. The van der Waals surface area contributed by atoms with E-state index < -0.39 is 10.0 Å². The molecule has 1 aliphatic heterocycles. The highest BCUT2D eigenvalue weighted by molar-refractivity contribution is 7.91. The molecule has 4 rings (SSSR count). The third-order valence-corrected chi connectivity index (χ3v) is 8.70. The van der Waals surface area contributed by atoms with E-state index in [1.807, 2.05) is 36.1 Å². The Bertz CT molecular complexity index is 961. The second kappa shape index (κ2) is 7.37. The molecule has 7 heteroatoms. The van der Waals surface area contributed by atoms with Crippen molar-refractivity contribution in [2.75, 3.05) is 6.54 Å². The van der Waals surface area contributed by atoms with Crippen molar-refractivity contribution in [1.29, 1.82) is 0 Å². The van der Waals surface area contributed by atoms with Crippen molar-refractivity contribution in [3.63, 3.8) is 0 Å². The maximum atomic E-state index is 12.7. The summed E-state index contributed by atoms with van der Waals surface area (Å²) in [6, 6.07) is 9.51. The Morgan fingerprint density at radius 3 is 2.78 bits per heavy atom. The number of nitrogens with one attached hydrogen (secondary N) is 1. The zero-order chi connectivity index (χ0) is 19.0. The van der Waals surface area contributed by atoms with Gasteiger partial charge in [-0.15, -0.1) is 11.3 Å². The number of benzene rings is 1. The number of sulfonamides is 1. The number of hydrogen-bond acceptors (Lipinski definition) is 4. The van der Waals surface area contributed by atoms with E-state index >= 15 is 0 Å². The molecule has 1 aromatic carbocycles. The van der Waals surface area contributed by atoms with Crippen LogP contribution in [0.25, 0.3) is 0 Å². The highest BCUT2D eigenvalue weighted by atomic mass is 32.2. The van der Waals surface area contributed by atoms with Crippen LogP contribution in [0.15, 0.2) is 34.5 Å². The van der Waals surface area contributed by atoms with Crippen LogP contribution in [-0.2, 0) is 34.3 Å². The highest BCUT2D eigenvalue weighted by Gasteiger charge is 2.32. The first-order valence-corrected chi connectivity index (χ1v) is 11.7. The van der Waals surface area contributed by atoms with Gasteiger partial charge in [0.25, 0.3) is 0 Å². The molecule has 5 nitrogen and oxygen atoms in total. The van der Waals surface area contributed by atoms with Gasteiger partial charge in [0.2, 0.25) is 15.9 Å². The van der Waals surface area contributed by atoms with Crippen molar-refractivity contribution in [2.45, 2.75) is 49.9 Å². The predicted molar refractivity (Wildman–Crippen MR) is 106 cm³/mol. The number of aryl methyl sites for hydroxylation is 1. The van der Waals surface area contributed by atoms with E-state index in [1.54, 1.807) is 6.07 Å². The van der Waals surface area contributed by atoms with Gasteiger partial charge in [-0.25, -0.2) is 13.1 Å². The maximum absolute atomic E-state index is 12.7. The minimum absolute atomic E-state index is 0.184. The molecule has 0 unspecified atom stereocenters. The van der Waals surface area contributed by atoms with E-state index in [1.165, 1.54) is 11.3 Å². The molecule has 2 heterocycles. The number of carbonyl (C=O) groups excluding carboxylic acids is 1. The molecule has 0 atom stereocenters. The number of thiophene rings is 1. The first kappa shape index (κ1) is 18.7. The summed E-state index contributed by atoms with van der Waals surface area (Å²) in [5, 5.41) is 0. The van der Waals surface area contributed by atoms with E-state index in [4.69, 9.17) is 0 Å². The van der Waals surface area contributed by atoms with Gasteiger partial charge in [-0.2, -0.15) is 0 Å². The SMILES string of the molecule is Cc1ccccc1CNS(=O)(=O)c1cc2c(s1)CCN(C(=O)C1CCC1)C2. The Hall–Kier alpha value is -1.70. The van der Waals surface area contributed by atoms with Gasteiger partial charge >= 0.3 is 0 Å². The lowest BCUT2D eigenvalue weighted by Gasteiger charge is -2.33. The summed E-state index contributed by atoms with van der Waals surface area (Å²) in [6.45, 7) is 3.48. The molecule has 0 radical (unpaired) electrons. The fourth-order valence-corrected chi connectivity index (χ4v) is 6.19.